The highest BCUT2D eigenvalue weighted by molar-refractivity contribution is 5.80. The van der Waals surface area contributed by atoms with Crippen LogP contribution in [0.1, 0.15) is 52.9 Å². The Labute approximate surface area is 111 Å². The molecule has 3 heteroatoms. The van der Waals surface area contributed by atoms with Crippen LogP contribution in [0, 0.1) is 11.3 Å². The molecule has 0 bridgehead atoms. The molecule has 2 rings (SSSR count). The van der Waals surface area contributed by atoms with Gasteiger partial charge in [-0.2, -0.15) is 0 Å². The molecule has 2 unspecified atom stereocenters. The number of amides is 1. The van der Waals surface area contributed by atoms with E-state index in [2.05, 4.69) is 31.0 Å². The molecular formula is C15H28N2O. The lowest BCUT2D eigenvalue weighted by Gasteiger charge is -2.33. The number of carbonyl (C=O) groups excluding carboxylic acids is 1. The number of nitrogens with one attached hydrogen (secondary N) is 1. The van der Waals surface area contributed by atoms with Crippen LogP contribution in [0.3, 0.4) is 0 Å². The normalized spacial score (nSPS) is 30.6. The van der Waals surface area contributed by atoms with E-state index in [0.717, 1.165) is 26.1 Å². The van der Waals surface area contributed by atoms with E-state index >= 15 is 0 Å². The number of hydrogen-bond donors (Lipinski definition) is 1. The van der Waals surface area contributed by atoms with Crippen LogP contribution in [0.25, 0.3) is 0 Å². The van der Waals surface area contributed by atoms with Gasteiger partial charge in [0.25, 0.3) is 0 Å². The summed E-state index contributed by atoms with van der Waals surface area (Å²) in [5, 5.41) is 3.49. The number of likely N-dealkylation sites (N-methyl/N-ethyl adjacent to an activating group) is 1. The zero-order chi connectivity index (χ0) is 13.2. The summed E-state index contributed by atoms with van der Waals surface area (Å²) in [5.74, 6) is 0.646. The van der Waals surface area contributed by atoms with Crippen molar-refractivity contribution in [2.24, 2.45) is 11.3 Å². The van der Waals surface area contributed by atoms with Crippen LogP contribution in [0.5, 0.6) is 0 Å². The minimum absolute atomic E-state index is 0.202. The maximum atomic E-state index is 12.7. The van der Waals surface area contributed by atoms with Gasteiger partial charge in [0.05, 0.1) is 0 Å². The molecule has 0 radical (unpaired) electrons. The number of nitrogens with zero attached hydrogens (tertiary/aromatic N) is 1. The Morgan fingerprint density at radius 1 is 1.33 bits per heavy atom. The van der Waals surface area contributed by atoms with E-state index in [9.17, 15) is 4.79 Å². The Bertz CT molecular complexity index is 295. The molecule has 0 aromatic heterocycles. The topological polar surface area (TPSA) is 32.3 Å². The quantitative estimate of drug-likeness (QED) is 0.833. The maximum absolute atomic E-state index is 12.7. The molecule has 1 amide bonds. The second-order valence-corrected chi connectivity index (χ2v) is 6.60. The average molecular weight is 252 g/mol. The fraction of sp³-hybridized carbons (Fsp3) is 0.933. The van der Waals surface area contributed by atoms with Gasteiger partial charge >= 0.3 is 0 Å². The van der Waals surface area contributed by atoms with Gasteiger partial charge in [-0.25, -0.2) is 0 Å². The molecule has 1 saturated carbocycles. The van der Waals surface area contributed by atoms with Gasteiger partial charge in [-0.1, -0.05) is 20.3 Å². The SMILES string of the molecule is CCN(CC1CCCN1)C(=O)C1CCCC1(C)C. The summed E-state index contributed by atoms with van der Waals surface area (Å²) in [5.41, 5.74) is 0.202. The summed E-state index contributed by atoms with van der Waals surface area (Å²) in [6.07, 6.45) is 5.97. The first-order chi connectivity index (χ1) is 8.54. The van der Waals surface area contributed by atoms with Gasteiger partial charge in [-0.3, -0.25) is 4.79 Å². The Morgan fingerprint density at radius 2 is 2.11 bits per heavy atom. The lowest BCUT2D eigenvalue weighted by atomic mass is 9.81. The van der Waals surface area contributed by atoms with Crippen molar-refractivity contribution >= 4 is 5.91 Å². The van der Waals surface area contributed by atoms with Crippen molar-refractivity contribution in [1.82, 2.24) is 10.2 Å². The Hall–Kier alpha value is -0.570. The Kier molecular flexibility index (Phi) is 4.31. The lowest BCUT2D eigenvalue weighted by molar-refractivity contribution is -0.138. The number of rotatable bonds is 4. The van der Waals surface area contributed by atoms with Gasteiger partial charge < -0.3 is 10.2 Å². The number of carbonyl (C=O) groups is 1. The third-order valence-electron chi connectivity index (χ3n) is 4.85. The highest BCUT2D eigenvalue weighted by Crippen LogP contribution is 2.43. The highest BCUT2D eigenvalue weighted by atomic mass is 16.2. The molecular weight excluding hydrogens is 224 g/mol. The van der Waals surface area contributed by atoms with E-state index in [4.69, 9.17) is 0 Å². The van der Waals surface area contributed by atoms with Gasteiger partial charge in [0, 0.05) is 25.0 Å². The van der Waals surface area contributed by atoms with Crippen LogP contribution >= 0.6 is 0 Å². The van der Waals surface area contributed by atoms with Crippen LogP contribution < -0.4 is 5.32 Å². The average Bonchev–Trinajstić information content (AvgIpc) is 2.94. The first kappa shape index (κ1) is 13.9. The summed E-state index contributed by atoms with van der Waals surface area (Å²) < 4.78 is 0. The van der Waals surface area contributed by atoms with E-state index < -0.39 is 0 Å². The van der Waals surface area contributed by atoms with Gasteiger partial charge in [0.15, 0.2) is 0 Å². The molecule has 1 aliphatic carbocycles. The van der Waals surface area contributed by atoms with Crippen molar-refractivity contribution in [3.05, 3.63) is 0 Å². The highest BCUT2D eigenvalue weighted by Gasteiger charge is 2.41. The summed E-state index contributed by atoms with van der Waals surface area (Å²) in [7, 11) is 0. The van der Waals surface area contributed by atoms with Gasteiger partial charge in [-0.15, -0.1) is 0 Å². The van der Waals surface area contributed by atoms with Crippen molar-refractivity contribution in [1.29, 1.82) is 0 Å². The van der Waals surface area contributed by atoms with E-state index in [1.54, 1.807) is 0 Å². The standard InChI is InChI=1S/C15H28N2O/c1-4-17(11-12-7-6-10-16-12)14(18)13-8-5-9-15(13,2)3/h12-13,16H,4-11H2,1-3H3. The first-order valence-electron chi connectivity index (χ1n) is 7.57. The molecule has 2 atom stereocenters. The predicted molar refractivity (Wildman–Crippen MR) is 74.4 cm³/mol. The van der Waals surface area contributed by atoms with Crippen LogP contribution in [0.4, 0.5) is 0 Å². The van der Waals surface area contributed by atoms with E-state index in [0.29, 0.717) is 11.9 Å². The molecule has 1 N–H and O–H groups in total. The molecule has 0 aromatic rings. The van der Waals surface area contributed by atoms with E-state index in [1.807, 2.05) is 0 Å². The van der Waals surface area contributed by atoms with Crippen molar-refractivity contribution in [3.8, 4) is 0 Å². The third kappa shape index (κ3) is 2.87. The van der Waals surface area contributed by atoms with Crippen molar-refractivity contribution < 1.29 is 4.79 Å². The van der Waals surface area contributed by atoms with Crippen LogP contribution in [-0.2, 0) is 4.79 Å². The Morgan fingerprint density at radius 3 is 2.61 bits per heavy atom. The minimum Gasteiger partial charge on any atom is -0.341 e. The fourth-order valence-corrected chi connectivity index (χ4v) is 3.56. The van der Waals surface area contributed by atoms with Crippen LogP contribution in [0.15, 0.2) is 0 Å². The second-order valence-electron chi connectivity index (χ2n) is 6.60. The third-order valence-corrected chi connectivity index (χ3v) is 4.85. The van der Waals surface area contributed by atoms with Crippen LogP contribution in [-0.4, -0.2) is 36.5 Å². The summed E-state index contributed by atoms with van der Waals surface area (Å²) in [4.78, 5) is 14.8. The van der Waals surface area contributed by atoms with Gasteiger partial charge in [-0.05, 0) is 44.6 Å². The van der Waals surface area contributed by atoms with E-state index in [-0.39, 0.29) is 11.3 Å². The van der Waals surface area contributed by atoms with Gasteiger partial charge in [0.1, 0.15) is 0 Å². The monoisotopic (exact) mass is 252 g/mol. The Balaban J connectivity index is 1.96. The smallest absolute Gasteiger partial charge is 0.226 e. The summed E-state index contributed by atoms with van der Waals surface area (Å²) >= 11 is 0. The molecule has 0 spiro atoms. The predicted octanol–water partition coefficient (Wildman–Crippen LogP) is 2.41. The van der Waals surface area contributed by atoms with Crippen molar-refractivity contribution in [2.45, 2.75) is 58.9 Å². The molecule has 1 aliphatic heterocycles. The fourth-order valence-electron chi connectivity index (χ4n) is 3.56. The molecule has 3 nitrogen and oxygen atoms in total. The molecule has 104 valence electrons. The molecule has 1 saturated heterocycles. The molecule has 0 aromatic carbocycles. The summed E-state index contributed by atoms with van der Waals surface area (Å²) in [6.45, 7) is 9.49. The maximum Gasteiger partial charge on any atom is 0.226 e. The molecule has 1 heterocycles. The molecule has 2 aliphatic rings. The minimum atomic E-state index is 0.202. The first-order valence-corrected chi connectivity index (χ1v) is 7.57. The van der Waals surface area contributed by atoms with Crippen molar-refractivity contribution in [3.63, 3.8) is 0 Å². The summed E-state index contributed by atoms with van der Waals surface area (Å²) in [6, 6.07) is 0.526. The second kappa shape index (κ2) is 5.60. The largest absolute Gasteiger partial charge is 0.341 e. The van der Waals surface area contributed by atoms with E-state index in [1.165, 1.54) is 25.7 Å². The lowest BCUT2D eigenvalue weighted by Crippen LogP contribution is -2.45. The number of hydrogen-bond acceptors (Lipinski definition) is 2. The van der Waals surface area contributed by atoms with Crippen molar-refractivity contribution in [2.75, 3.05) is 19.6 Å². The molecule has 2 fully saturated rings. The van der Waals surface area contributed by atoms with Gasteiger partial charge in [0.2, 0.25) is 5.91 Å². The zero-order valence-corrected chi connectivity index (χ0v) is 12.2. The molecule has 18 heavy (non-hydrogen) atoms. The zero-order valence-electron chi connectivity index (χ0n) is 12.2. The van der Waals surface area contributed by atoms with Crippen LogP contribution in [0.2, 0.25) is 0 Å².